The lowest BCUT2D eigenvalue weighted by Gasteiger charge is -2.43. The Balaban J connectivity index is 1.75. The van der Waals surface area contributed by atoms with Crippen molar-refractivity contribution in [1.82, 2.24) is 0 Å². The molecule has 0 aliphatic carbocycles. The third-order valence-corrected chi connectivity index (χ3v) is 6.27. The summed E-state index contributed by atoms with van der Waals surface area (Å²) in [7, 11) is 0. The van der Waals surface area contributed by atoms with E-state index in [0.717, 1.165) is 30.0 Å². The van der Waals surface area contributed by atoms with Crippen molar-refractivity contribution in [3.63, 3.8) is 0 Å². The zero-order valence-corrected chi connectivity index (χ0v) is 17.3. The molecule has 0 spiro atoms. The minimum absolute atomic E-state index is 0.0788. The van der Waals surface area contributed by atoms with E-state index in [1.165, 1.54) is 43.2 Å². The first-order chi connectivity index (χ1) is 14.1. The van der Waals surface area contributed by atoms with Gasteiger partial charge in [-0.05, 0) is 43.2 Å². The normalized spacial score (nSPS) is 24.6. The van der Waals surface area contributed by atoms with Crippen molar-refractivity contribution in [3.05, 3.63) is 54.1 Å². The average molecular weight is 394 g/mol. The molecule has 2 aliphatic heterocycles. The molecule has 2 aliphatic rings. The lowest BCUT2D eigenvalue weighted by Crippen LogP contribution is -2.50. The van der Waals surface area contributed by atoms with E-state index in [-0.39, 0.29) is 17.9 Å². The third-order valence-electron chi connectivity index (χ3n) is 6.27. The maximum Gasteiger partial charge on any atom is 0.225 e. The van der Waals surface area contributed by atoms with Crippen LogP contribution in [0.5, 0.6) is 0 Å². The lowest BCUT2D eigenvalue weighted by atomic mass is 9.86. The van der Waals surface area contributed by atoms with Crippen LogP contribution in [0.1, 0.15) is 51.1 Å². The molecule has 3 atom stereocenters. The van der Waals surface area contributed by atoms with Gasteiger partial charge in [0.15, 0.2) is 0 Å². The molecule has 4 rings (SSSR count). The van der Waals surface area contributed by atoms with Crippen LogP contribution in [0.2, 0.25) is 0 Å². The quantitative estimate of drug-likeness (QED) is 0.804. The first-order valence-electron chi connectivity index (χ1n) is 10.7. The Bertz CT molecular complexity index is 846. The van der Waals surface area contributed by atoms with E-state index in [1.54, 1.807) is 0 Å². The highest BCUT2D eigenvalue weighted by molar-refractivity contribution is 5.94. The van der Waals surface area contributed by atoms with Crippen molar-refractivity contribution in [2.75, 3.05) is 28.2 Å². The molecule has 1 amide bonds. The molecule has 2 aromatic rings. The maximum absolute atomic E-state index is 12.3. The standard InChI is InChI=1S/C24H31N3O2/c1-17-23(25-19-10-6-5-7-11-19)21-16-20(26-14-8-3-4-9-15-26)12-13-22(21)27(18(2)28)24(17)29/h5-7,10-13,16-17,23-25,29H,3-4,8-9,14-15H2,1-2H3/t17-,23-,24+/m1/s1. The maximum atomic E-state index is 12.3. The number of nitrogens with zero attached hydrogens (tertiary/aromatic N) is 2. The Morgan fingerprint density at radius 2 is 1.72 bits per heavy atom. The van der Waals surface area contributed by atoms with Crippen molar-refractivity contribution in [2.45, 2.75) is 51.8 Å². The number of carbonyl (C=O) groups is 1. The molecule has 1 fully saturated rings. The van der Waals surface area contributed by atoms with Crippen LogP contribution in [0.4, 0.5) is 17.1 Å². The molecule has 1 saturated heterocycles. The summed E-state index contributed by atoms with van der Waals surface area (Å²) in [5.74, 6) is -0.280. The van der Waals surface area contributed by atoms with E-state index < -0.39 is 6.23 Å². The van der Waals surface area contributed by atoms with E-state index in [4.69, 9.17) is 0 Å². The average Bonchev–Trinajstić information content (AvgIpc) is 3.01. The Kier molecular flexibility index (Phi) is 5.76. The second-order valence-corrected chi connectivity index (χ2v) is 8.29. The smallest absolute Gasteiger partial charge is 0.225 e. The van der Waals surface area contributed by atoms with Gasteiger partial charge in [0.25, 0.3) is 0 Å². The monoisotopic (exact) mass is 393 g/mol. The summed E-state index contributed by atoms with van der Waals surface area (Å²) in [5.41, 5.74) is 4.09. The highest BCUT2D eigenvalue weighted by atomic mass is 16.3. The van der Waals surface area contributed by atoms with Gasteiger partial charge in [0.05, 0.1) is 11.7 Å². The van der Waals surface area contributed by atoms with Gasteiger partial charge in [0, 0.05) is 42.9 Å². The molecule has 0 radical (unpaired) electrons. The number of nitrogens with one attached hydrogen (secondary N) is 1. The van der Waals surface area contributed by atoms with Crippen LogP contribution in [0.15, 0.2) is 48.5 Å². The molecule has 2 heterocycles. The van der Waals surface area contributed by atoms with Crippen molar-refractivity contribution in [3.8, 4) is 0 Å². The second-order valence-electron chi connectivity index (χ2n) is 8.29. The van der Waals surface area contributed by atoms with E-state index >= 15 is 0 Å². The molecule has 0 unspecified atom stereocenters. The van der Waals surface area contributed by atoms with Gasteiger partial charge in [-0.1, -0.05) is 38.0 Å². The van der Waals surface area contributed by atoms with E-state index in [9.17, 15) is 9.90 Å². The van der Waals surface area contributed by atoms with Gasteiger partial charge in [-0.2, -0.15) is 0 Å². The predicted octanol–water partition coefficient (Wildman–Crippen LogP) is 4.54. The number of benzene rings is 2. The summed E-state index contributed by atoms with van der Waals surface area (Å²) in [5, 5.41) is 14.5. The van der Waals surface area contributed by atoms with E-state index in [2.05, 4.69) is 22.3 Å². The summed E-state index contributed by atoms with van der Waals surface area (Å²) >= 11 is 0. The molecule has 0 aromatic heterocycles. The van der Waals surface area contributed by atoms with Crippen LogP contribution in [-0.2, 0) is 4.79 Å². The van der Waals surface area contributed by atoms with E-state index in [0.29, 0.717) is 0 Å². The lowest BCUT2D eigenvalue weighted by molar-refractivity contribution is -0.119. The van der Waals surface area contributed by atoms with Crippen LogP contribution in [0, 0.1) is 5.92 Å². The fourth-order valence-corrected chi connectivity index (χ4v) is 4.65. The van der Waals surface area contributed by atoms with Gasteiger partial charge >= 0.3 is 0 Å². The zero-order chi connectivity index (χ0) is 20.4. The zero-order valence-electron chi connectivity index (χ0n) is 17.3. The second kappa shape index (κ2) is 8.46. The van der Waals surface area contributed by atoms with Crippen LogP contribution in [-0.4, -0.2) is 30.3 Å². The molecule has 29 heavy (non-hydrogen) atoms. The summed E-state index contributed by atoms with van der Waals surface area (Å²) in [6.45, 7) is 5.67. The summed E-state index contributed by atoms with van der Waals surface area (Å²) in [6.07, 6.45) is 4.17. The van der Waals surface area contributed by atoms with Crippen LogP contribution < -0.4 is 15.1 Å². The number of anilines is 3. The number of carbonyl (C=O) groups excluding carboxylic acids is 1. The van der Waals surface area contributed by atoms with E-state index in [1.807, 2.05) is 43.3 Å². The molecular formula is C24H31N3O2. The Morgan fingerprint density at radius 3 is 2.38 bits per heavy atom. The Labute approximate surface area is 173 Å². The first-order valence-corrected chi connectivity index (χ1v) is 10.7. The van der Waals surface area contributed by atoms with Crippen LogP contribution in [0.25, 0.3) is 0 Å². The number of fused-ring (bicyclic) bond motifs is 1. The number of hydrogen-bond donors (Lipinski definition) is 2. The molecule has 154 valence electrons. The fourth-order valence-electron chi connectivity index (χ4n) is 4.65. The van der Waals surface area contributed by atoms with Gasteiger partial charge in [0.2, 0.25) is 5.91 Å². The minimum Gasteiger partial charge on any atom is -0.378 e. The van der Waals surface area contributed by atoms with Crippen molar-refractivity contribution < 1.29 is 9.90 Å². The van der Waals surface area contributed by atoms with Crippen molar-refractivity contribution in [1.29, 1.82) is 0 Å². The summed E-state index contributed by atoms with van der Waals surface area (Å²) in [6, 6.07) is 16.3. The number of rotatable bonds is 3. The molecular weight excluding hydrogens is 362 g/mol. The van der Waals surface area contributed by atoms with Crippen LogP contribution >= 0.6 is 0 Å². The van der Waals surface area contributed by atoms with Crippen molar-refractivity contribution in [2.24, 2.45) is 5.92 Å². The van der Waals surface area contributed by atoms with Gasteiger partial charge in [-0.25, -0.2) is 0 Å². The summed E-state index contributed by atoms with van der Waals surface area (Å²) < 4.78 is 0. The third kappa shape index (κ3) is 3.97. The highest BCUT2D eigenvalue weighted by Crippen LogP contribution is 2.43. The Hall–Kier alpha value is -2.53. The number of para-hydroxylation sites is 1. The fraction of sp³-hybridized carbons (Fsp3) is 0.458. The molecule has 2 N–H and O–H groups in total. The molecule has 0 bridgehead atoms. The van der Waals surface area contributed by atoms with Gasteiger partial charge in [-0.15, -0.1) is 0 Å². The number of amides is 1. The van der Waals surface area contributed by atoms with Gasteiger partial charge in [-0.3, -0.25) is 9.69 Å². The molecule has 5 nitrogen and oxygen atoms in total. The van der Waals surface area contributed by atoms with Gasteiger partial charge < -0.3 is 15.3 Å². The largest absolute Gasteiger partial charge is 0.378 e. The molecule has 2 aromatic carbocycles. The van der Waals surface area contributed by atoms with Crippen LogP contribution in [0.3, 0.4) is 0 Å². The predicted molar refractivity (Wildman–Crippen MR) is 118 cm³/mol. The van der Waals surface area contributed by atoms with Crippen molar-refractivity contribution >= 4 is 23.0 Å². The number of aliphatic hydroxyl groups excluding tert-OH is 1. The minimum atomic E-state index is -0.856. The highest BCUT2D eigenvalue weighted by Gasteiger charge is 2.40. The topological polar surface area (TPSA) is 55.8 Å². The summed E-state index contributed by atoms with van der Waals surface area (Å²) in [4.78, 5) is 16.3. The number of aliphatic hydroxyl groups is 1. The molecule has 5 heteroatoms. The first kappa shape index (κ1) is 19.8. The SMILES string of the molecule is CC(=O)N1c2ccc(N3CCCCCC3)cc2[C@H](Nc2ccccc2)[C@@H](C)[C@@H]1O. The van der Waals surface area contributed by atoms with Gasteiger partial charge in [0.1, 0.15) is 6.23 Å². The Morgan fingerprint density at radius 1 is 1.03 bits per heavy atom. The molecule has 0 saturated carbocycles. The number of hydrogen-bond acceptors (Lipinski definition) is 4.